The van der Waals surface area contributed by atoms with Crippen molar-refractivity contribution in [1.29, 1.82) is 0 Å². The van der Waals surface area contributed by atoms with Crippen molar-refractivity contribution >= 4 is 11.7 Å². The zero-order valence-corrected chi connectivity index (χ0v) is 14.6. The highest BCUT2D eigenvalue weighted by molar-refractivity contribution is 5.80. The van der Waals surface area contributed by atoms with E-state index in [9.17, 15) is 9.18 Å². The van der Waals surface area contributed by atoms with E-state index in [-0.39, 0.29) is 23.6 Å². The lowest BCUT2D eigenvalue weighted by molar-refractivity contribution is -0.136. The van der Waals surface area contributed by atoms with Gasteiger partial charge in [0.1, 0.15) is 6.33 Å². The molecule has 0 aliphatic carbocycles. The number of aromatic nitrogens is 2. The first kappa shape index (κ1) is 17.8. The molecule has 136 valence electrons. The Morgan fingerprint density at radius 2 is 2.08 bits per heavy atom. The van der Waals surface area contributed by atoms with E-state index >= 15 is 0 Å². The van der Waals surface area contributed by atoms with Gasteiger partial charge in [-0.25, -0.2) is 14.4 Å². The Hall–Kier alpha value is -2.02. The molecule has 3 rings (SSSR count). The number of carbonyl (C=O) groups excluding carboxylic acids is 1. The van der Waals surface area contributed by atoms with Crippen molar-refractivity contribution in [2.45, 2.75) is 26.2 Å². The van der Waals surface area contributed by atoms with Crippen LogP contribution in [-0.4, -0.2) is 53.6 Å². The molecule has 1 N–H and O–H groups in total. The molecule has 1 unspecified atom stereocenters. The van der Waals surface area contributed by atoms with E-state index in [0.717, 1.165) is 12.8 Å². The Kier molecular flexibility index (Phi) is 5.96. The molecule has 1 amide bonds. The van der Waals surface area contributed by atoms with Crippen LogP contribution in [0.15, 0.2) is 18.5 Å². The third-order valence-corrected chi connectivity index (χ3v) is 4.97. The van der Waals surface area contributed by atoms with Crippen molar-refractivity contribution in [3.05, 3.63) is 30.0 Å². The van der Waals surface area contributed by atoms with Crippen LogP contribution in [0.3, 0.4) is 0 Å². The predicted octanol–water partition coefficient (Wildman–Crippen LogP) is 2.03. The van der Waals surface area contributed by atoms with Crippen molar-refractivity contribution in [3.8, 4) is 0 Å². The first-order valence-corrected chi connectivity index (χ1v) is 8.95. The average Bonchev–Trinajstić information content (AvgIpc) is 3.18. The van der Waals surface area contributed by atoms with Crippen LogP contribution < -0.4 is 5.32 Å². The molecule has 3 heterocycles. The number of rotatable bonds is 6. The van der Waals surface area contributed by atoms with E-state index in [0.29, 0.717) is 45.0 Å². The number of hydrogen-bond donors (Lipinski definition) is 1. The molecule has 2 aliphatic rings. The van der Waals surface area contributed by atoms with Gasteiger partial charge in [0.05, 0.1) is 11.6 Å². The zero-order chi connectivity index (χ0) is 17.6. The van der Waals surface area contributed by atoms with E-state index < -0.39 is 5.82 Å². The maximum atomic E-state index is 14.4. The molecule has 1 atom stereocenters. The smallest absolute Gasteiger partial charge is 0.228 e. The molecule has 1 aromatic heterocycles. The van der Waals surface area contributed by atoms with Gasteiger partial charge < -0.3 is 15.0 Å². The van der Waals surface area contributed by atoms with Crippen LogP contribution in [-0.2, 0) is 16.0 Å². The highest BCUT2D eigenvalue weighted by atomic mass is 19.1. The number of ether oxygens (including phenoxy) is 1. The van der Waals surface area contributed by atoms with Gasteiger partial charge in [0.25, 0.3) is 0 Å². The Morgan fingerprint density at radius 3 is 2.76 bits per heavy atom. The minimum absolute atomic E-state index is 0.120. The standard InChI is InChI=1S/C18H25FN4O2/c1-2-15-16(19)17(22-12-21-15)20-11-14(13-5-9-25-10-6-13)18(24)23-7-3-4-8-23/h3-4,12-14H,2,5-11H2,1H3,(H,20,21,22). The summed E-state index contributed by atoms with van der Waals surface area (Å²) in [4.78, 5) is 22.7. The summed E-state index contributed by atoms with van der Waals surface area (Å²) in [6.45, 7) is 4.88. The molecule has 1 aromatic rings. The lowest BCUT2D eigenvalue weighted by atomic mass is 9.84. The van der Waals surface area contributed by atoms with Crippen molar-refractivity contribution in [3.63, 3.8) is 0 Å². The Labute approximate surface area is 147 Å². The minimum atomic E-state index is -0.425. The molecule has 1 fully saturated rings. The van der Waals surface area contributed by atoms with Crippen LogP contribution >= 0.6 is 0 Å². The summed E-state index contributed by atoms with van der Waals surface area (Å²) in [5, 5.41) is 3.05. The average molecular weight is 348 g/mol. The van der Waals surface area contributed by atoms with Gasteiger partial charge in [0.15, 0.2) is 11.6 Å². The van der Waals surface area contributed by atoms with E-state index in [2.05, 4.69) is 15.3 Å². The molecule has 0 bridgehead atoms. The number of nitrogens with one attached hydrogen (secondary N) is 1. The molecule has 0 saturated carbocycles. The van der Waals surface area contributed by atoms with Gasteiger partial charge in [-0.1, -0.05) is 19.1 Å². The summed E-state index contributed by atoms with van der Waals surface area (Å²) < 4.78 is 19.8. The van der Waals surface area contributed by atoms with Crippen LogP contribution in [0.1, 0.15) is 25.5 Å². The molecule has 0 radical (unpaired) electrons. The van der Waals surface area contributed by atoms with Gasteiger partial charge in [-0.05, 0) is 25.2 Å². The summed E-state index contributed by atoms with van der Waals surface area (Å²) in [6.07, 6.45) is 7.58. The molecule has 6 nitrogen and oxygen atoms in total. The minimum Gasteiger partial charge on any atom is -0.381 e. The molecular formula is C18H25FN4O2. The Bertz CT molecular complexity index is 624. The quantitative estimate of drug-likeness (QED) is 0.797. The molecule has 25 heavy (non-hydrogen) atoms. The van der Waals surface area contributed by atoms with E-state index in [4.69, 9.17) is 4.74 Å². The lowest BCUT2D eigenvalue weighted by Gasteiger charge is -2.32. The number of amides is 1. The topological polar surface area (TPSA) is 67.4 Å². The van der Waals surface area contributed by atoms with Gasteiger partial charge in [-0.3, -0.25) is 4.79 Å². The van der Waals surface area contributed by atoms with Crippen LogP contribution in [0.4, 0.5) is 10.2 Å². The second kappa shape index (κ2) is 8.38. The Balaban J connectivity index is 1.71. The summed E-state index contributed by atoms with van der Waals surface area (Å²) >= 11 is 0. The number of nitrogens with zero attached hydrogens (tertiary/aromatic N) is 3. The first-order valence-electron chi connectivity index (χ1n) is 8.95. The fraction of sp³-hybridized carbons (Fsp3) is 0.611. The largest absolute Gasteiger partial charge is 0.381 e. The van der Waals surface area contributed by atoms with Gasteiger partial charge in [-0.2, -0.15) is 0 Å². The molecule has 0 spiro atoms. The summed E-state index contributed by atoms with van der Waals surface area (Å²) in [5.74, 6) is -0.0926. The molecular weight excluding hydrogens is 323 g/mol. The second-order valence-electron chi connectivity index (χ2n) is 6.49. The third-order valence-electron chi connectivity index (χ3n) is 4.97. The van der Waals surface area contributed by atoms with Gasteiger partial charge >= 0.3 is 0 Å². The predicted molar refractivity (Wildman–Crippen MR) is 92.6 cm³/mol. The highest BCUT2D eigenvalue weighted by Gasteiger charge is 2.33. The van der Waals surface area contributed by atoms with Gasteiger partial charge in [0, 0.05) is 32.8 Å². The highest BCUT2D eigenvalue weighted by Crippen LogP contribution is 2.27. The maximum absolute atomic E-state index is 14.4. The maximum Gasteiger partial charge on any atom is 0.228 e. The van der Waals surface area contributed by atoms with Crippen molar-refractivity contribution in [2.24, 2.45) is 11.8 Å². The van der Waals surface area contributed by atoms with Crippen LogP contribution in [0.25, 0.3) is 0 Å². The van der Waals surface area contributed by atoms with Gasteiger partial charge in [0.2, 0.25) is 5.91 Å². The monoisotopic (exact) mass is 348 g/mol. The number of aryl methyl sites for hydroxylation is 1. The Morgan fingerprint density at radius 1 is 1.36 bits per heavy atom. The third kappa shape index (κ3) is 4.15. The van der Waals surface area contributed by atoms with E-state index in [1.54, 1.807) is 0 Å². The zero-order valence-electron chi connectivity index (χ0n) is 14.6. The molecule has 1 saturated heterocycles. The number of carbonyl (C=O) groups is 1. The summed E-state index contributed by atoms with van der Waals surface area (Å²) in [5.41, 5.74) is 0.384. The lowest BCUT2D eigenvalue weighted by Crippen LogP contribution is -2.42. The number of anilines is 1. The van der Waals surface area contributed by atoms with Crippen molar-refractivity contribution < 1.29 is 13.9 Å². The van der Waals surface area contributed by atoms with Crippen LogP contribution in [0.5, 0.6) is 0 Å². The number of hydrogen-bond acceptors (Lipinski definition) is 5. The van der Waals surface area contributed by atoms with E-state index in [1.165, 1.54) is 6.33 Å². The molecule has 0 aromatic carbocycles. The van der Waals surface area contributed by atoms with Crippen LogP contribution in [0.2, 0.25) is 0 Å². The van der Waals surface area contributed by atoms with Crippen LogP contribution in [0, 0.1) is 17.7 Å². The summed E-state index contributed by atoms with van der Waals surface area (Å²) in [7, 11) is 0. The fourth-order valence-electron chi connectivity index (χ4n) is 3.45. The first-order chi connectivity index (χ1) is 12.2. The van der Waals surface area contributed by atoms with Gasteiger partial charge in [-0.15, -0.1) is 0 Å². The van der Waals surface area contributed by atoms with Crippen molar-refractivity contribution in [1.82, 2.24) is 14.9 Å². The molecule has 7 heteroatoms. The molecule has 2 aliphatic heterocycles. The number of halogens is 1. The second-order valence-corrected chi connectivity index (χ2v) is 6.49. The summed E-state index contributed by atoms with van der Waals surface area (Å²) in [6, 6.07) is 0. The fourth-order valence-corrected chi connectivity index (χ4v) is 3.45. The van der Waals surface area contributed by atoms with E-state index in [1.807, 2.05) is 24.0 Å². The SMILES string of the molecule is CCc1ncnc(NCC(C(=O)N2CC=CC2)C2CCOCC2)c1F. The normalized spacial score (nSPS) is 19.2. The van der Waals surface area contributed by atoms with Crippen molar-refractivity contribution in [2.75, 3.05) is 38.2 Å².